The molecule has 0 bridgehead atoms. The van der Waals surface area contributed by atoms with Crippen molar-refractivity contribution in [3.8, 4) is 0 Å². The number of benzene rings is 1. The SMILES string of the molecule is CC.CC.CC(C)C1CC1c1ccccc1. The highest BCUT2D eigenvalue weighted by atomic mass is 14.4. The standard InChI is InChI=1S/C12H16.2C2H6/c1-9(2)11-8-12(11)10-6-4-3-5-7-10;2*1-2/h3-7,9,11-12H,8H2,1-2H3;2*1-2H3. The van der Waals surface area contributed by atoms with Gasteiger partial charge in [-0.1, -0.05) is 71.9 Å². The van der Waals surface area contributed by atoms with Gasteiger partial charge in [0.1, 0.15) is 0 Å². The van der Waals surface area contributed by atoms with Crippen molar-refractivity contribution in [2.75, 3.05) is 0 Å². The second-order valence-corrected chi connectivity index (χ2v) is 4.16. The molecule has 0 N–H and O–H groups in total. The molecule has 0 aliphatic heterocycles. The third-order valence-electron chi connectivity index (χ3n) is 2.92. The van der Waals surface area contributed by atoms with Crippen molar-refractivity contribution >= 4 is 0 Å². The molecule has 1 aliphatic carbocycles. The second-order valence-electron chi connectivity index (χ2n) is 4.16. The van der Waals surface area contributed by atoms with Crippen molar-refractivity contribution in [1.29, 1.82) is 0 Å². The van der Waals surface area contributed by atoms with Crippen LogP contribution in [-0.2, 0) is 0 Å². The predicted octanol–water partition coefficient (Wildman–Crippen LogP) is 5.50. The maximum atomic E-state index is 2.33. The van der Waals surface area contributed by atoms with Gasteiger partial charge >= 0.3 is 0 Å². The van der Waals surface area contributed by atoms with Crippen molar-refractivity contribution in [2.24, 2.45) is 11.8 Å². The Hall–Kier alpha value is -0.780. The monoisotopic (exact) mass is 220 g/mol. The van der Waals surface area contributed by atoms with E-state index in [0.29, 0.717) is 0 Å². The number of hydrogen-bond donors (Lipinski definition) is 0. The van der Waals surface area contributed by atoms with Crippen molar-refractivity contribution < 1.29 is 0 Å². The van der Waals surface area contributed by atoms with Crippen LogP contribution in [0.4, 0.5) is 0 Å². The molecule has 0 radical (unpaired) electrons. The van der Waals surface area contributed by atoms with Gasteiger partial charge in [-0.25, -0.2) is 0 Å². The van der Waals surface area contributed by atoms with Crippen LogP contribution in [0.1, 0.15) is 59.4 Å². The van der Waals surface area contributed by atoms with E-state index in [0.717, 1.165) is 17.8 Å². The summed E-state index contributed by atoms with van der Waals surface area (Å²) >= 11 is 0. The van der Waals surface area contributed by atoms with Crippen LogP contribution >= 0.6 is 0 Å². The average molecular weight is 220 g/mol. The van der Waals surface area contributed by atoms with Gasteiger partial charge in [0.2, 0.25) is 0 Å². The smallest absolute Gasteiger partial charge is 0.0128 e. The van der Waals surface area contributed by atoms with Gasteiger partial charge in [0.05, 0.1) is 0 Å². The molecule has 2 atom stereocenters. The maximum absolute atomic E-state index is 2.33. The largest absolute Gasteiger partial charge is 0.0683 e. The highest BCUT2D eigenvalue weighted by Crippen LogP contribution is 2.51. The molecule has 0 heterocycles. The fourth-order valence-corrected chi connectivity index (χ4v) is 2.03. The van der Waals surface area contributed by atoms with Gasteiger partial charge in [-0.15, -0.1) is 0 Å². The molecule has 92 valence electrons. The van der Waals surface area contributed by atoms with Crippen molar-refractivity contribution in [3.63, 3.8) is 0 Å². The summed E-state index contributed by atoms with van der Waals surface area (Å²) in [6.07, 6.45) is 1.40. The quantitative estimate of drug-likeness (QED) is 0.617. The first-order valence-electron chi connectivity index (χ1n) is 6.84. The molecular weight excluding hydrogens is 192 g/mol. The summed E-state index contributed by atoms with van der Waals surface area (Å²) in [5.74, 6) is 2.67. The Bertz CT molecular complexity index is 248. The van der Waals surface area contributed by atoms with Gasteiger partial charge in [-0.05, 0) is 29.7 Å². The molecule has 1 aromatic carbocycles. The third kappa shape index (κ3) is 4.38. The summed E-state index contributed by atoms with van der Waals surface area (Å²) in [5, 5.41) is 0. The van der Waals surface area contributed by atoms with E-state index in [2.05, 4.69) is 44.2 Å². The molecule has 1 saturated carbocycles. The van der Waals surface area contributed by atoms with Gasteiger partial charge in [0.25, 0.3) is 0 Å². The van der Waals surface area contributed by atoms with Crippen molar-refractivity contribution in [3.05, 3.63) is 35.9 Å². The molecule has 0 spiro atoms. The Balaban J connectivity index is 0.000000509. The van der Waals surface area contributed by atoms with E-state index in [-0.39, 0.29) is 0 Å². The summed E-state index contributed by atoms with van der Waals surface area (Å²) in [7, 11) is 0. The Morgan fingerprint density at radius 3 is 1.81 bits per heavy atom. The molecule has 2 rings (SSSR count). The van der Waals surface area contributed by atoms with Crippen molar-refractivity contribution in [2.45, 2.75) is 53.9 Å². The van der Waals surface area contributed by atoms with Crippen LogP contribution in [0.15, 0.2) is 30.3 Å². The molecule has 1 aliphatic rings. The Kier molecular flexibility index (Phi) is 7.97. The first-order valence-corrected chi connectivity index (χ1v) is 6.84. The fourth-order valence-electron chi connectivity index (χ4n) is 2.03. The lowest BCUT2D eigenvalue weighted by Crippen LogP contribution is -1.91. The van der Waals surface area contributed by atoms with Gasteiger partial charge < -0.3 is 0 Å². The van der Waals surface area contributed by atoms with Crippen LogP contribution in [0.3, 0.4) is 0 Å². The summed E-state index contributed by atoms with van der Waals surface area (Å²) in [5.41, 5.74) is 1.54. The maximum Gasteiger partial charge on any atom is -0.0128 e. The van der Waals surface area contributed by atoms with Crippen LogP contribution < -0.4 is 0 Å². The van der Waals surface area contributed by atoms with Crippen molar-refractivity contribution in [1.82, 2.24) is 0 Å². The van der Waals surface area contributed by atoms with Crippen LogP contribution in [-0.4, -0.2) is 0 Å². The molecule has 0 heteroatoms. The Morgan fingerprint density at radius 2 is 1.44 bits per heavy atom. The molecule has 16 heavy (non-hydrogen) atoms. The fraction of sp³-hybridized carbons (Fsp3) is 0.625. The molecule has 0 nitrogen and oxygen atoms in total. The van der Waals surface area contributed by atoms with Crippen LogP contribution in [0.5, 0.6) is 0 Å². The molecule has 0 amide bonds. The van der Waals surface area contributed by atoms with E-state index in [1.165, 1.54) is 12.0 Å². The zero-order chi connectivity index (χ0) is 12.6. The van der Waals surface area contributed by atoms with Crippen LogP contribution in [0, 0.1) is 11.8 Å². The van der Waals surface area contributed by atoms with Gasteiger partial charge in [0.15, 0.2) is 0 Å². The summed E-state index contributed by atoms with van der Waals surface area (Å²) < 4.78 is 0. The van der Waals surface area contributed by atoms with Gasteiger partial charge in [-0.3, -0.25) is 0 Å². The van der Waals surface area contributed by atoms with Crippen LogP contribution in [0.2, 0.25) is 0 Å². The third-order valence-corrected chi connectivity index (χ3v) is 2.92. The molecule has 0 aromatic heterocycles. The molecule has 1 fully saturated rings. The average Bonchev–Trinajstić information content (AvgIpc) is 3.15. The van der Waals surface area contributed by atoms with E-state index in [1.807, 2.05) is 27.7 Å². The van der Waals surface area contributed by atoms with E-state index in [9.17, 15) is 0 Å². The summed E-state index contributed by atoms with van der Waals surface area (Å²) in [6, 6.07) is 10.9. The highest BCUT2D eigenvalue weighted by Gasteiger charge is 2.39. The van der Waals surface area contributed by atoms with Gasteiger partial charge in [-0.2, -0.15) is 0 Å². The normalized spacial score (nSPS) is 21.4. The topological polar surface area (TPSA) is 0 Å². The predicted molar refractivity (Wildman–Crippen MR) is 74.8 cm³/mol. The molecular formula is C16H28. The minimum Gasteiger partial charge on any atom is -0.0683 e. The lowest BCUT2D eigenvalue weighted by atomic mass is 10.0. The van der Waals surface area contributed by atoms with E-state index in [1.54, 1.807) is 0 Å². The Labute approximate surface area is 102 Å². The minimum atomic E-state index is 0.857. The Morgan fingerprint density at radius 1 is 0.938 bits per heavy atom. The highest BCUT2D eigenvalue weighted by molar-refractivity contribution is 5.25. The molecule has 0 saturated heterocycles. The minimum absolute atomic E-state index is 0.857. The number of rotatable bonds is 2. The zero-order valence-electron chi connectivity index (χ0n) is 11.8. The van der Waals surface area contributed by atoms with E-state index in [4.69, 9.17) is 0 Å². The zero-order valence-corrected chi connectivity index (χ0v) is 11.8. The first-order chi connectivity index (χ1) is 7.79. The second kappa shape index (κ2) is 8.38. The summed E-state index contributed by atoms with van der Waals surface area (Å²) in [6.45, 7) is 12.7. The lowest BCUT2D eigenvalue weighted by molar-refractivity contribution is 0.549. The molecule has 2 unspecified atom stereocenters. The lowest BCUT2D eigenvalue weighted by Gasteiger charge is -2.02. The number of hydrogen-bond acceptors (Lipinski definition) is 0. The van der Waals surface area contributed by atoms with Crippen LogP contribution in [0.25, 0.3) is 0 Å². The molecule has 1 aromatic rings. The van der Waals surface area contributed by atoms with E-state index >= 15 is 0 Å². The first kappa shape index (κ1) is 15.2. The summed E-state index contributed by atoms with van der Waals surface area (Å²) in [4.78, 5) is 0. The van der Waals surface area contributed by atoms with Gasteiger partial charge in [0, 0.05) is 0 Å². The van der Waals surface area contributed by atoms with E-state index < -0.39 is 0 Å².